The molecule has 8 heteroatoms. The fraction of sp³-hybridized carbons (Fsp3) is 0.130. The Morgan fingerprint density at radius 2 is 1.35 bits per heavy atom. The molecule has 0 saturated heterocycles. The summed E-state index contributed by atoms with van der Waals surface area (Å²) in [4.78, 5) is 24.7. The van der Waals surface area contributed by atoms with Gasteiger partial charge in [0.2, 0.25) is 0 Å². The minimum atomic E-state index is -0.448. The highest BCUT2D eigenvalue weighted by Gasteiger charge is 2.13. The van der Waals surface area contributed by atoms with Crippen molar-refractivity contribution in [3.63, 3.8) is 0 Å². The van der Waals surface area contributed by atoms with E-state index in [-0.39, 0.29) is 0 Å². The van der Waals surface area contributed by atoms with Crippen molar-refractivity contribution in [3.05, 3.63) is 92.4 Å². The maximum absolute atomic E-state index is 12.4. The van der Waals surface area contributed by atoms with E-state index in [9.17, 15) is 9.59 Å². The van der Waals surface area contributed by atoms with Gasteiger partial charge in [0.05, 0.1) is 22.7 Å². The zero-order valence-corrected chi connectivity index (χ0v) is 19.8. The first kappa shape index (κ1) is 22.8. The number of hydrogen-bond acceptors (Lipinski definition) is 4. The summed E-state index contributed by atoms with van der Waals surface area (Å²) in [5.41, 5.74) is 6.75. The third-order valence-electron chi connectivity index (χ3n) is 4.39. The number of methoxy groups -OCH3 is 1. The second kappa shape index (κ2) is 11.0. The summed E-state index contributed by atoms with van der Waals surface area (Å²) in [5, 5.41) is 0. The van der Waals surface area contributed by atoms with Crippen molar-refractivity contribution in [2.24, 2.45) is 0 Å². The maximum atomic E-state index is 12.4. The van der Waals surface area contributed by atoms with Crippen LogP contribution in [0.15, 0.2) is 75.7 Å². The minimum Gasteiger partial charge on any atom is -0.496 e. The van der Waals surface area contributed by atoms with Crippen LogP contribution in [0.1, 0.15) is 26.3 Å². The Labute approximate surface area is 197 Å². The molecule has 0 aliphatic rings. The summed E-state index contributed by atoms with van der Waals surface area (Å²) >= 11 is 6.76. The lowest BCUT2D eigenvalue weighted by atomic mass is 10.2. The number of carbonyl (C=O) groups excluding carboxylic acids is 2. The van der Waals surface area contributed by atoms with Crippen LogP contribution in [0, 0.1) is 0 Å². The number of rotatable bonds is 7. The van der Waals surface area contributed by atoms with Crippen LogP contribution in [0.2, 0.25) is 0 Å². The van der Waals surface area contributed by atoms with Crippen LogP contribution in [-0.4, -0.2) is 25.5 Å². The largest absolute Gasteiger partial charge is 0.496 e. The molecule has 3 aromatic carbocycles. The van der Waals surface area contributed by atoms with E-state index in [4.69, 9.17) is 9.47 Å². The van der Waals surface area contributed by atoms with Crippen molar-refractivity contribution in [3.8, 4) is 11.5 Å². The predicted molar refractivity (Wildman–Crippen MR) is 125 cm³/mol. The van der Waals surface area contributed by atoms with Gasteiger partial charge in [-0.2, -0.15) is 0 Å². The number of nitrogens with one attached hydrogen (secondary N) is 2. The SMILES string of the molecule is COc1ccc(C(=O)NNC(=O)c2ccc(OCCc3ccccc3)c(Br)c2)cc1Br. The first-order valence-electron chi connectivity index (χ1n) is 9.38. The summed E-state index contributed by atoms with van der Waals surface area (Å²) < 4.78 is 12.2. The highest BCUT2D eigenvalue weighted by atomic mass is 79.9. The molecule has 0 heterocycles. The molecule has 0 atom stereocenters. The molecule has 0 aliphatic carbocycles. The van der Waals surface area contributed by atoms with Crippen LogP contribution >= 0.6 is 31.9 Å². The monoisotopic (exact) mass is 546 g/mol. The van der Waals surface area contributed by atoms with Crippen LogP contribution in [0.3, 0.4) is 0 Å². The summed E-state index contributed by atoms with van der Waals surface area (Å²) in [7, 11) is 1.54. The molecule has 160 valence electrons. The molecule has 0 aromatic heterocycles. The average molecular weight is 548 g/mol. The minimum absolute atomic E-state index is 0.372. The van der Waals surface area contributed by atoms with E-state index in [0.717, 1.165) is 6.42 Å². The number of halogens is 2. The van der Waals surface area contributed by atoms with Gasteiger partial charge in [-0.25, -0.2) is 0 Å². The standard InChI is InChI=1S/C23H20Br2N2O4/c1-30-20-9-7-16(13-18(20)24)22(28)26-27-23(29)17-8-10-21(19(25)14-17)31-12-11-15-5-3-2-4-6-15/h2-10,13-14H,11-12H2,1H3,(H,26,28)(H,27,29). The van der Waals surface area contributed by atoms with Gasteiger partial charge in [-0.05, 0) is 73.8 Å². The highest BCUT2D eigenvalue weighted by molar-refractivity contribution is 9.10. The van der Waals surface area contributed by atoms with Gasteiger partial charge < -0.3 is 9.47 Å². The summed E-state index contributed by atoms with van der Waals surface area (Å²) in [6.07, 6.45) is 0.781. The van der Waals surface area contributed by atoms with Gasteiger partial charge in [-0.15, -0.1) is 0 Å². The van der Waals surface area contributed by atoms with E-state index in [1.807, 2.05) is 30.3 Å². The van der Waals surface area contributed by atoms with Crippen LogP contribution in [-0.2, 0) is 6.42 Å². The molecule has 31 heavy (non-hydrogen) atoms. The molecular formula is C23H20Br2N2O4. The third-order valence-corrected chi connectivity index (χ3v) is 5.63. The summed E-state index contributed by atoms with van der Waals surface area (Å²) in [6.45, 7) is 0.516. The van der Waals surface area contributed by atoms with E-state index in [0.29, 0.717) is 38.2 Å². The Morgan fingerprint density at radius 3 is 1.87 bits per heavy atom. The molecule has 0 aliphatic heterocycles. The Morgan fingerprint density at radius 1 is 0.806 bits per heavy atom. The van der Waals surface area contributed by atoms with E-state index in [2.05, 4.69) is 42.7 Å². The molecule has 3 rings (SSSR count). The van der Waals surface area contributed by atoms with Crippen molar-refractivity contribution < 1.29 is 19.1 Å². The molecule has 6 nitrogen and oxygen atoms in total. The molecule has 0 bridgehead atoms. The van der Waals surface area contributed by atoms with Crippen molar-refractivity contribution in [2.45, 2.75) is 6.42 Å². The molecule has 3 aromatic rings. The van der Waals surface area contributed by atoms with Gasteiger partial charge in [0, 0.05) is 17.5 Å². The van der Waals surface area contributed by atoms with Crippen molar-refractivity contribution >= 4 is 43.7 Å². The lowest BCUT2D eigenvalue weighted by Gasteiger charge is -2.11. The average Bonchev–Trinajstić information content (AvgIpc) is 2.79. The normalized spacial score (nSPS) is 10.3. The van der Waals surface area contributed by atoms with Gasteiger partial charge in [-0.1, -0.05) is 30.3 Å². The topological polar surface area (TPSA) is 76.7 Å². The smallest absolute Gasteiger partial charge is 0.269 e. The zero-order valence-electron chi connectivity index (χ0n) is 16.7. The van der Waals surface area contributed by atoms with E-state index in [1.165, 1.54) is 12.7 Å². The van der Waals surface area contributed by atoms with Gasteiger partial charge in [-0.3, -0.25) is 20.4 Å². The van der Waals surface area contributed by atoms with Crippen LogP contribution < -0.4 is 20.3 Å². The molecular weight excluding hydrogens is 528 g/mol. The molecule has 0 spiro atoms. The number of hydrazine groups is 1. The first-order chi connectivity index (χ1) is 15.0. The van der Waals surface area contributed by atoms with Crippen molar-refractivity contribution in [1.29, 1.82) is 0 Å². The van der Waals surface area contributed by atoms with Crippen molar-refractivity contribution in [1.82, 2.24) is 10.9 Å². The Hall–Kier alpha value is -2.84. The Bertz CT molecular complexity index is 1070. The summed E-state index contributed by atoms with van der Waals surface area (Å²) in [6, 6.07) is 19.9. The number of hydrogen-bond donors (Lipinski definition) is 2. The van der Waals surface area contributed by atoms with E-state index < -0.39 is 11.8 Å². The summed E-state index contributed by atoms with van der Waals surface area (Å²) in [5.74, 6) is 0.352. The van der Waals surface area contributed by atoms with Gasteiger partial charge in [0.25, 0.3) is 11.8 Å². The van der Waals surface area contributed by atoms with Gasteiger partial charge >= 0.3 is 0 Å². The van der Waals surface area contributed by atoms with E-state index in [1.54, 1.807) is 36.4 Å². The second-order valence-corrected chi connectivity index (χ2v) is 8.20. The lowest BCUT2D eigenvalue weighted by molar-refractivity contribution is 0.0846. The first-order valence-corrected chi connectivity index (χ1v) is 11.0. The fourth-order valence-corrected chi connectivity index (χ4v) is 3.78. The highest BCUT2D eigenvalue weighted by Crippen LogP contribution is 2.27. The van der Waals surface area contributed by atoms with Gasteiger partial charge in [0.15, 0.2) is 0 Å². The Kier molecular flexibility index (Phi) is 8.08. The lowest BCUT2D eigenvalue weighted by Crippen LogP contribution is -2.41. The van der Waals surface area contributed by atoms with Crippen LogP contribution in [0.5, 0.6) is 11.5 Å². The maximum Gasteiger partial charge on any atom is 0.269 e. The molecule has 2 N–H and O–H groups in total. The number of ether oxygens (including phenoxy) is 2. The number of amides is 2. The predicted octanol–water partition coefficient (Wildman–Crippen LogP) is 4.92. The van der Waals surface area contributed by atoms with Crippen molar-refractivity contribution in [2.75, 3.05) is 13.7 Å². The molecule has 0 saturated carbocycles. The van der Waals surface area contributed by atoms with Crippen LogP contribution in [0.4, 0.5) is 0 Å². The molecule has 2 amide bonds. The third kappa shape index (κ3) is 6.32. The fourth-order valence-electron chi connectivity index (χ4n) is 2.75. The zero-order chi connectivity index (χ0) is 22.2. The van der Waals surface area contributed by atoms with Crippen LogP contribution in [0.25, 0.3) is 0 Å². The molecule has 0 fully saturated rings. The Balaban J connectivity index is 1.53. The van der Waals surface area contributed by atoms with E-state index >= 15 is 0 Å². The number of carbonyl (C=O) groups is 2. The van der Waals surface area contributed by atoms with Gasteiger partial charge in [0.1, 0.15) is 11.5 Å². The second-order valence-electron chi connectivity index (χ2n) is 6.49. The quantitative estimate of drug-likeness (QED) is 0.412. The molecule has 0 unspecified atom stereocenters. The number of benzene rings is 3. The molecule has 0 radical (unpaired) electrons.